The van der Waals surface area contributed by atoms with Gasteiger partial charge in [-0.15, -0.1) is 0 Å². The lowest BCUT2D eigenvalue weighted by atomic mass is 10.1. The second kappa shape index (κ2) is 12.1. The number of allylic oxidation sites excluding steroid dienone is 2. The monoisotopic (exact) mass is 524 g/mol. The number of halogens is 2. The molecular weight excluding hydrogens is 498 g/mol. The zero-order valence-corrected chi connectivity index (χ0v) is 21.3. The SMILES string of the molecule is CO/N=C(\C=C\Cn1ccc2nc(-c3cccc(F)c3F)nc-2c1)c1ccc(OCCc2ccccc2)cc1. The molecule has 0 N–H and O–H groups in total. The van der Waals surface area contributed by atoms with Crippen molar-refractivity contribution in [3.8, 4) is 28.5 Å². The normalized spacial score (nSPS) is 11.8. The molecule has 0 radical (unpaired) electrons. The van der Waals surface area contributed by atoms with Crippen LogP contribution in [0.25, 0.3) is 22.8 Å². The molecule has 3 aromatic rings. The van der Waals surface area contributed by atoms with Gasteiger partial charge in [0, 0.05) is 30.9 Å². The number of benzene rings is 3. The minimum atomic E-state index is -0.958. The average molecular weight is 525 g/mol. The summed E-state index contributed by atoms with van der Waals surface area (Å²) in [6.07, 6.45) is 8.31. The number of rotatable bonds is 10. The average Bonchev–Trinajstić information content (AvgIpc) is 3.38. The van der Waals surface area contributed by atoms with Crippen LogP contribution >= 0.6 is 0 Å². The maximum Gasteiger partial charge on any atom is 0.169 e. The largest absolute Gasteiger partial charge is 0.493 e. The fourth-order valence-corrected chi connectivity index (χ4v) is 4.08. The second-order valence-corrected chi connectivity index (χ2v) is 8.73. The molecule has 39 heavy (non-hydrogen) atoms. The van der Waals surface area contributed by atoms with Crippen molar-refractivity contribution in [3.63, 3.8) is 0 Å². The summed E-state index contributed by atoms with van der Waals surface area (Å²) in [5, 5.41) is 4.15. The van der Waals surface area contributed by atoms with Gasteiger partial charge < -0.3 is 14.1 Å². The highest BCUT2D eigenvalue weighted by Gasteiger charge is 2.17. The van der Waals surface area contributed by atoms with Crippen LogP contribution < -0.4 is 4.74 Å². The summed E-state index contributed by atoms with van der Waals surface area (Å²) >= 11 is 0. The number of nitrogens with zero attached hydrogens (tertiary/aromatic N) is 4. The van der Waals surface area contributed by atoms with Gasteiger partial charge in [-0.3, -0.25) is 0 Å². The highest BCUT2D eigenvalue weighted by molar-refractivity contribution is 6.08. The van der Waals surface area contributed by atoms with E-state index in [4.69, 9.17) is 9.57 Å². The number of fused-ring (bicyclic) bond motifs is 1. The van der Waals surface area contributed by atoms with Gasteiger partial charge in [-0.2, -0.15) is 0 Å². The molecule has 2 heterocycles. The third-order valence-corrected chi connectivity index (χ3v) is 6.05. The van der Waals surface area contributed by atoms with Gasteiger partial charge in [0.1, 0.15) is 24.3 Å². The second-order valence-electron chi connectivity index (χ2n) is 8.73. The van der Waals surface area contributed by atoms with Crippen LogP contribution in [-0.2, 0) is 17.8 Å². The number of oxime groups is 1. The van der Waals surface area contributed by atoms with Crippen LogP contribution in [0.1, 0.15) is 11.1 Å². The van der Waals surface area contributed by atoms with E-state index in [-0.39, 0.29) is 11.4 Å². The molecule has 0 unspecified atom stereocenters. The summed E-state index contributed by atoms with van der Waals surface area (Å²) < 4.78 is 35.6. The first-order valence-electron chi connectivity index (χ1n) is 12.4. The Balaban J connectivity index is 1.23. The van der Waals surface area contributed by atoms with Crippen LogP contribution in [0.5, 0.6) is 5.75 Å². The van der Waals surface area contributed by atoms with Crippen molar-refractivity contribution in [2.45, 2.75) is 13.0 Å². The van der Waals surface area contributed by atoms with Gasteiger partial charge in [-0.1, -0.05) is 47.6 Å². The van der Waals surface area contributed by atoms with Crippen LogP contribution in [0, 0.1) is 11.6 Å². The van der Waals surface area contributed by atoms with Crippen LogP contribution in [-0.4, -0.2) is 34.0 Å². The fourth-order valence-electron chi connectivity index (χ4n) is 4.08. The van der Waals surface area contributed by atoms with E-state index in [0.717, 1.165) is 23.8 Å². The van der Waals surface area contributed by atoms with Crippen molar-refractivity contribution in [2.75, 3.05) is 13.7 Å². The maximum atomic E-state index is 14.2. The molecule has 2 aliphatic heterocycles. The van der Waals surface area contributed by atoms with Crippen molar-refractivity contribution in [1.82, 2.24) is 14.5 Å². The topological polar surface area (TPSA) is 61.5 Å². The van der Waals surface area contributed by atoms with E-state index < -0.39 is 11.6 Å². The van der Waals surface area contributed by atoms with Crippen molar-refractivity contribution < 1.29 is 18.4 Å². The molecule has 5 rings (SSSR count). The van der Waals surface area contributed by atoms with Crippen molar-refractivity contribution in [2.24, 2.45) is 5.16 Å². The zero-order chi connectivity index (χ0) is 27.0. The van der Waals surface area contributed by atoms with E-state index in [1.165, 1.54) is 24.8 Å². The Morgan fingerprint density at radius 2 is 1.72 bits per heavy atom. The standard InChI is InChI=1S/C31H26F2N4O2/c1-38-36-27(23-12-14-24(15-13-23)39-20-17-22-7-3-2-4-8-22)11-6-18-37-19-16-28-29(21-37)35-31(34-28)25-9-5-10-26(32)30(25)33/h2-16,19,21H,17-18,20H2,1H3/b11-6+,36-27+. The Bertz CT molecular complexity index is 1560. The minimum absolute atomic E-state index is 0.0330. The first-order chi connectivity index (χ1) is 19.1. The third-order valence-electron chi connectivity index (χ3n) is 6.05. The van der Waals surface area contributed by atoms with E-state index in [0.29, 0.717) is 30.3 Å². The number of hydrogen-bond acceptors (Lipinski definition) is 5. The van der Waals surface area contributed by atoms with Gasteiger partial charge >= 0.3 is 0 Å². The van der Waals surface area contributed by atoms with Gasteiger partial charge in [0.15, 0.2) is 17.5 Å². The first-order valence-corrected chi connectivity index (χ1v) is 12.4. The molecule has 0 bridgehead atoms. The van der Waals surface area contributed by atoms with Crippen LogP contribution in [0.4, 0.5) is 8.78 Å². The smallest absolute Gasteiger partial charge is 0.169 e. The van der Waals surface area contributed by atoms with Crippen molar-refractivity contribution in [3.05, 3.63) is 126 Å². The van der Waals surface area contributed by atoms with Gasteiger partial charge in [0.25, 0.3) is 0 Å². The molecular formula is C31H26F2N4O2. The lowest BCUT2D eigenvalue weighted by molar-refractivity contribution is 0.214. The van der Waals surface area contributed by atoms with Crippen molar-refractivity contribution >= 4 is 5.71 Å². The molecule has 196 valence electrons. The maximum absolute atomic E-state index is 14.2. The molecule has 0 atom stereocenters. The molecule has 0 spiro atoms. The van der Waals surface area contributed by atoms with E-state index in [9.17, 15) is 8.78 Å². The number of imidazole rings is 1. The van der Waals surface area contributed by atoms with Gasteiger partial charge in [0.2, 0.25) is 0 Å². The fraction of sp³-hybridized carbons (Fsp3) is 0.129. The van der Waals surface area contributed by atoms with E-state index in [2.05, 4.69) is 27.3 Å². The summed E-state index contributed by atoms with van der Waals surface area (Å²) in [7, 11) is 1.50. The summed E-state index contributed by atoms with van der Waals surface area (Å²) in [6.45, 7) is 1.12. The Hall–Kier alpha value is -4.85. The molecule has 3 aromatic carbocycles. The van der Waals surface area contributed by atoms with Crippen molar-refractivity contribution in [1.29, 1.82) is 0 Å². The molecule has 6 nitrogen and oxygen atoms in total. The Labute approximate surface area is 225 Å². The Morgan fingerprint density at radius 1 is 0.923 bits per heavy atom. The summed E-state index contributed by atoms with van der Waals surface area (Å²) in [5.41, 5.74) is 3.99. The van der Waals surface area contributed by atoms with Gasteiger partial charge in [-0.05, 0) is 54.1 Å². The summed E-state index contributed by atoms with van der Waals surface area (Å²) in [6, 6.07) is 23.7. The quantitative estimate of drug-likeness (QED) is 0.153. The molecule has 8 heteroatoms. The van der Waals surface area contributed by atoms with E-state index >= 15 is 0 Å². The molecule has 2 aliphatic rings. The highest BCUT2D eigenvalue weighted by atomic mass is 19.2. The van der Waals surface area contributed by atoms with Gasteiger partial charge in [0.05, 0.1) is 17.9 Å². The predicted octanol–water partition coefficient (Wildman–Crippen LogP) is 6.56. The summed E-state index contributed by atoms with van der Waals surface area (Å²) in [5.74, 6) is -0.953. The minimum Gasteiger partial charge on any atom is -0.493 e. The number of aromatic nitrogens is 3. The van der Waals surface area contributed by atoms with Gasteiger partial charge in [-0.25, -0.2) is 18.7 Å². The van der Waals surface area contributed by atoms with Crippen LogP contribution in [0.3, 0.4) is 0 Å². The molecule has 0 aliphatic carbocycles. The van der Waals surface area contributed by atoms with Crippen LogP contribution in [0.15, 0.2) is 109 Å². The van der Waals surface area contributed by atoms with E-state index in [1.54, 1.807) is 6.07 Å². The first kappa shape index (κ1) is 25.8. The molecule has 0 fully saturated rings. The number of hydrogen-bond donors (Lipinski definition) is 0. The van der Waals surface area contributed by atoms with Crippen LogP contribution in [0.2, 0.25) is 0 Å². The zero-order valence-electron chi connectivity index (χ0n) is 21.3. The lowest BCUT2D eigenvalue weighted by Gasteiger charge is -2.08. The molecule has 0 amide bonds. The lowest BCUT2D eigenvalue weighted by Crippen LogP contribution is -2.03. The highest BCUT2D eigenvalue weighted by Crippen LogP contribution is 2.27. The molecule has 0 saturated heterocycles. The summed E-state index contributed by atoms with van der Waals surface area (Å²) in [4.78, 5) is 13.8. The molecule has 0 aromatic heterocycles. The Kier molecular flexibility index (Phi) is 8.02. The van der Waals surface area contributed by atoms with E-state index in [1.807, 2.05) is 71.6 Å². The predicted molar refractivity (Wildman–Crippen MR) is 147 cm³/mol. The Morgan fingerprint density at radius 3 is 2.51 bits per heavy atom. The molecule has 0 saturated carbocycles. The number of pyridine rings is 1. The third kappa shape index (κ3) is 6.35. The number of ether oxygens (including phenoxy) is 1.